The third kappa shape index (κ3) is 14.5. The number of unbranched alkanes of at least 4 members (excludes halogenated alkanes) is 1. The molecule has 4 aromatic carbocycles. The van der Waals surface area contributed by atoms with Crippen LogP contribution in [0.25, 0.3) is 10.9 Å². The molecule has 0 unspecified atom stereocenters. The largest absolute Gasteiger partial charge is 0.508 e. The van der Waals surface area contributed by atoms with Crippen LogP contribution in [-0.4, -0.2) is 81.4 Å². The molecule has 5 atom stereocenters. The molecule has 0 spiro atoms. The molecule has 0 aliphatic heterocycles. The van der Waals surface area contributed by atoms with Crippen LogP contribution in [0.15, 0.2) is 115 Å². The third-order valence-electron chi connectivity index (χ3n) is 11.3. The Hall–Kier alpha value is -6.64. The van der Waals surface area contributed by atoms with E-state index in [1.54, 1.807) is 18.3 Å². The zero-order valence-corrected chi connectivity index (χ0v) is 35.7. The highest BCUT2D eigenvalue weighted by molar-refractivity contribution is 5.96. The smallest absolute Gasteiger partial charge is 0.318 e. The number of nitrogens with two attached hydrogens (primary N) is 3. The van der Waals surface area contributed by atoms with Gasteiger partial charge in [0, 0.05) is 48.3 Å². The van der Waals surface area contributed by atoms with E-state index < -0.39 is 65.9 Å². The lowest BCUT2D eigenvalue weighted by Gasteiger charge is -2.28. The molecule has 63 heavy (non-hydrogen) atoms. The fourth-order valence-electron chi connectivity index (χ4n) is 7.56. The fourth-order valence-corrected chi connectivity index (χ4v) is 7.56. The molecule has 0 saturated heterocycles. The SMILES string of the molecule is C[C@H](NC(=O)[C@H](CC(=O)[C@@H](N)Cc1ccccc1)Cc1c[nH]c2ccccc12)C(=O)CN(Cc1ccc(O)cc1)C(=O)N[C@H](Cc1ccccc1)C(=O)C[C@@H](CCCCN)C(N)=O. The molecule has 332 valence electrons. The number of rotatable bonds is 25. The van der Waals surface area contributed by atoms with Crippen LogP contribution >= 0.6 is 0 Å². The summed E-state index contributed by atoms with van der Waals surface area (Å²) >= 11 is 0. The lowest BCUT2D eigenvalue weighted by molar-refractivity contribution is -0.132. The van der Waals surface area contributed by atoms with E-state index in [2.05, 4.69) is 15.6 Å². The van der Waals surface area contributed by atoms with Crippen LogP contribution in [0, 0.1) is 11.8 Å². The second-order valence-corrected chi connectivity index (χ2v) is 16.2. The second kappa shape index (κ2) is 23.5. The number of H-pyrrole nitrogens is 1. The number of nitrogens with one attached hydrogen (secondary N) is 3. The van der Waals surface area contributed by atoms with Crippen molar-refractivity contribution in [2.75, 3.05) is 13.1 Å². The van der Waals surface area contributed by atoms with Gasteiger partial charge in [-0.2, -0.15) is 0 Å². The maximum Gasteiger partial charge on any atom is 0.318 e. The minimum absolute atomic E-state index is 0.00727. The number of hydrogen-bond acceptors (Lipinski definition) is 9. The predicted octanol–water partition coefficient (Wildman–Crippen LogP) is 4.65. The molecule has 0 radical (unpaired) electrons. The molecule has 14 heteroatoms. The van der Waals surface area contributed by atoms with E-state index in [1.165, 1.54) is 24.0 Å². The predicted molar refractivity (Wildman–Crippen MR) is 242 cm³/mol. The van der Waals surface area contributed by atoms with Gasteiger partial charge in [0.25, 0.3) is 0 Å². The average Bonchev–Trinajstić information content (AvgIpc) is 3.69. The molecule has 4 amide bonds. The van der Waals surface area contributed by atoms with E-state index in [0.717, 1.165) is 27.6 Å². The quantitative estimate of drug-likeness (QED) is 0.0404. The van der Waals surface area contributed by atoms with E-state index in [0.29, 0.717) is 37.8 Å². The summed E-state index contributed by atoms with van der Waals surface area (Å²) in [6.45, 7) is 1.38. The van der Waals surface area contributed by atoms with Crippen LogP contribution in [0.2, 0.25) is 0 Å². The maximum absolute atomic E-state index is 14.3. The van der Waals surface area contributed by atoms with Crippen LogP contribution in [0.4, 0.5) is 4.79 Å². The molecule has 5 rings (SSSR count). The van der Waals surface area contributed by atoms with E-state index in [4.69, 9.17) is 17.2 Å². The van der Waals surface area contributed by atoms with Gasteiger partial charge in [-0.25, -0.2) is 4.79 Å². The molecule has 1 heterocycles. The summed E-state index contributed by atoms with van der Waals surface area (Å²) in [5, 5.41) is 16.5. The van der Waals surface area contributed by atoms with Crippen LogP contribution in [0.5, 0.6) is 5.75 Å². The summed E-state index contributed by atoms with van der Waals surface area (Å²) in [6, 6.07) is 28.4. The van der Waals surface area contributed by atoms with E-state index in [9.17, 15) is 33.9 Å². The highest BCUT2D eigenvalue weighted by Crippen LogP contribution is 2.24. The number of amides is 4. The van der Waals surface area contributed by atoms with Crippen molar-refractivity contribution in [2.24, 2.45) is 29.0 Å². The van der Waals surface area contributed by atoms with Gasteiger partial charge in [-0.1, -0.05) is 97.4 Å². The van der Waals surface area contributed by atoms with Crippen molar-refractivity contribution in [1.82, 2.24) is 20.5 Å². The first-order chi connectivity index (χ1) is 30.3. The van der Waals surface area contributed by atoms with Crippen LogP contribution in [-0.2, 0) is 49.8 Å². The maximum atomic E-state index is 14.3. The van der Waals surface area contributed by atoms with Crippen molar-refractivity contribution in [1.29, 1.82) is 0 Å². The number of primary amides is 1. The average molecular weight is 858 g/mol. The summed E-state index contributed by atoms with van der Waals surface area (Å²) in [7, 11) is 0. The summed E-state index contributed by atoms with van der Waals surface area (Å²) in [5.41, 5.74) is 21.6. The molecule has 10 N–H and O–H groups in total. The lowest BCUT2D eigenvalue weighted by Crippen LogP contribution is -2.52. The standard InChI is InChI=1S/C49H59N7O7/c1-32(54-48(62)37(26-38-29-53-42-18-9-8-17-40(38)42)28-44(58)41(51)24-33-12-4-2-5-13-33)46(60)31-56(30-35-19-21-39(57)22-20-35)49(63)55-43(25-34-14-6-3-7-15-34)45(59)27-36(47(52)61)16-10-11-23-50/h2-9,12-15,17-22,29,32,36-37,41,43,53,57H,10-11,16,23-28,30-31,50-51H2,1H3,(H2,52,61)(H,54,62)(H,55,63)/t32-,36+,37-,41-,43+/m0/s1. The summed E-state index contributed by atoms with van der Waals surface area (Å²) in [6.07, 6.45) is 3.67. The number of aromatic amines is 1. The topological polar surface area (TPSA) is 244 Å². The number of nitrogens with zero attached hydrogens (tertiary/aromatic N) is 1. The first-order valence-electron chi connectivity index (χ1n) is 21.4. The molecule has 5 aromatic rings. The number of hydrogen-bond donors (Lipinski definition) is 7. The molecular formula is C49H59N7O7. The van der Waals surface area contributed by atoms with Gasteiger partial charge >= 0.3 is 6.03 Å². The fraction of sp³-hybridized carbons (Fsp3) is 0.347. The Labute approximate surface area is 368 Å². The van der Waals surface area contributed by atoms with Crippen molar-refractivity contribution >= 4 is 46.1 Å². The number of phenols is 1. The summed E-state index contributed by atoms with van der Waals surface area (Å²) in [4.78, 5) is 86.8. The molecule has 0 fully saturated rings. The number of para-hydroxylation sites is 1. The first-order valence-corrected chi connectivity index (χ1v) is 21.4. The van der Waals surface area contributed by atoms with Crippen molar-refractivity contribution in [2.45, 2.75) is 83.0 Å². The van der Waals surface area contributed by atoms with Gasteiger partial charge in [0.05, 0.1) is 24.7 Å². The number of carbonyl (C=O) groups is 6. The van der Waals surface area contributed by atoms with Gasteiger partial charge in [0.15, 0.2) is 17.3 Å². The second-order valence-electron chi connectivity index (χ2n) is 16.2. The van der Waals surface area contributed by atoms with Crippen LogP contribution in [0.1, 0.15) is 61.3 Å². The number of ketones is 3. The van der Waals surface area contributed by atoms with Crippen molar-refractivity contribution in [3.8, 4) is 5.75 Å². The molecule has 0 saturated carbocycles. The van der Waals surface area contributed by atoms with E-state index in [-0.39, 0.29) is 43.8 Å². The van der Waals surface area contributed by atoms with Gasteiger partial charge in [-0.05, 0) is 86.0 Å². The van der Waals surface area contributed by atoms with Gasteiger partial charge in [0.2, 0.25) is 11.8 Å². The van der Waals surface area contributed by atoms with E-state index in [1.807, 2.05) is 84.9 Å². The molecule has 0 bridgehead atoms. The van der Waals surface area contributed by atoms with E-state index >= 15 is 0 Å². The zero-order chi connectivity index (χ0) is 45.3. The Morgan fingerprint density at radius 1 is 0.698 bits per heavy atom. The van der Waals surface area contributed by atoms with Gasteiger partial charge in [-0.15, -0.1) is 0 Å². The normalized spacial score (nSPS) is 13.6. The monoisotopic (exact) mass is 857 g/mol. The summed E-state index contributed by atoms with van der Waals surface area (Å²) in [5.74, 6) is -4.00. The highest BCUT2D eigenvalue weighted by Gasteiger charge is 2.32. The number of Topliss-reactive ketones (excluding diaryl/α,β-unsaturated/α-hetero) is 3. The number of urea groups is 1. The molecule has 0 aliphatic rings. The molecule has 0 aliphatic carbocycles. The van der Waals surface area contributed by atoms with Gasteiger partial charge in [-0.3, -0.25) is 24.0 Å². The van der Waals surface area contributed by atoms with Crippen molar-refractivity contribution in [3.05, 3.63) is 138 Å². The number of carbonyl (C=O) groups excluding carboxylic acids is 6. The Bertz CT molecular complexity index is 2300. The number of benzene rings is 4. The third-order valence-corrected chi connectivity index (χ3v) is 11.3. The summed E-state index contributed by atoms with van der Waals surface area (Å²) < 4.78 is 0. The number of aromatic hydroxyl groups is 1. The van der Waals surface area contributed by atoms with Gasteiger partial charge < -0.3 is 42.8 Å². The molecule has 1 aromatic heterocycles. The Morgan fingerprint density at radius 2 is 1.32 bits per heavy atom. The van der Waals surface area contributed by atoms with Gasteiger partial charge in [0.1, 0.15) is 5.75 Å². The van der Waals surface area contributed by atoms with Crippen LogP contribution < -0.4 is 27.8 Å². The van der Waals surface area contributed by atoms with Crippen molar-refractivity contribution < 1.29 is 33.9 Å². The minimum atomic E-state index is -1.10. The van der Waals surface area contributed by atoms with Crippen LogP contribution in [0.3, 0.4) is 0 Å². The Morgan fingerprint density at radius 3 is 1.97 bits per heavy atom. The van der Waals surface area contributed by atoms with Crippen molar-refractivity contribution in [3.63, 3.8) is 0 Å². The minimum Gasteiger partial charge on any atom is -0.508 e. The lowest BCUT2D eigenvalue weighted by atomic mass is 9.89. The molecule has 14 nitrogen and oxygen atoms in total. The number of fused-ring (bicyclic) bond motifs is 1. The Kier molecular flexibility index (Phi) is 17.7. The Balaban J connectivity index is 1.34. The number of phenolic OH excluding ortho intramolecular Hbond substituents is 1. The highest BCUT2D eigenvalue weighted by atomic mass is 16.3. The zero-order valence-electron chi connectivity index (χ0n) is 35.7. The first kappa shape index (κ1) is 47.4. The molecular weight excluding hydrogens is 799 g/mol. The number of aromatic nitrogens is 1.